The molecule has 0 amide bonds. The maximum Gasteiger partial charge on any atom is 0.168 e. The van der Waals surface area contributed by atoms with Crippen molar-refractivity contribution < 1.29 is 0 Å². The number of nitrogens with one attached hydrogen (secondary N) is 1. The van der Waals surface area contributed by atoms with E-state index in [0.29, 0.717) is 0 Å². The normalized spacial score (nSPS) is 18.8. The Balaban J connectivity index is 2.24. The minimum absolute atomic E-state index is 0.0442. The van der Waals surface area contributed by atoms with E-state index in [2.05, 4.69) is 48.5 Å². The van der Waals surface area contributed by atoms with E-state index in [1.54, 1.807) is 0 Å². The number of rotatable bonds is 5. The summed E-state index contributed by atoms with van der Waals surface area (Å²) >= 11 is 0. The summed E-state index contributed by atoms with van der Waals surface area (Å²) in [5.41, 5.74) is 0.0442. The molecular weight excluding hydrogens is 202 g/mol. The summed E-state index contributed by atoms with van der Waals surface area (Å²) in [6.07, 6.45) is 2.59. The first-order chi connectivity index (χ1) is 7.57. The summed E-state index contributed by atoms with van der Waals surface area (Å²) in [5, 5.41) is 15.5. The van der Waals surface area contributed by atoms with Gasteiger partial charge in [0.15, 0.2) is 5.82 Å². The van der Waals surface area contributed by atoms with Crippen LogP contribution in [-0.2, 0) is 5.54 Å². The quantitative estimate of drug-likeness (QED) is 0.821. The molecule has 16 heavy (non-hydrogen) atoms. The van der Waals surface area contributed by atoms with Gasteiger partial charge in [-0.05, 0) is 56.5 Å². The standard InChI is InChI=1S/C11H21N5/c1-5-12-8(2)10-13-14-15-16(10)11(3,4)9-6-7-9/h8-9,12H,5-7H2,1-4H3. The van der Waals surface area contributed by atoms with Crippen LogP contribution in [0.25, 0.3) is 0 Å². The molecule has 1 aliphatic rings. The van der Waals surface area contributed by atoms with Crippen LogP contribution in [-0.4, -0.2) is 26.8 Å². The molecule has 0 bridgehead atoms. The zero-order valence-electron chi connectivity index (χ0n) is 10.6. The highest BCUT2D eigenvalue weighted by Crippen LogP contribution is 2.44. The van der Waals surface area contributed by atoms with Crippen molar-refractivity contribution in [1.82, 2.24) is 25.5 Å². The molecule has 5 heteroatoms. The van der Waals surface area contributed by atoms with Crippen LogP contribution in [0.15, 0.2) is 0 Å². The van der Waals surface area contributed by atoms with Crippen LogP contribution in [0.3, 0.4) is 0 Å². The second-order valence-electron chi connectivity index (χ2n) is 5.16. The van der Waals surface area contributed by atoms with Gasteiger partial charge in [-0.25, -0.2) is 4.68 Å². The monoisotopic (exact) mass is 223 g/mol. The molecule has 1 heterocycles. The van der Waals surface area contributed by atoms with Crippen LogP contribution in [0.4, 0.5) is 0 Å². The molecule has 0 spiro atoms. The third-order valence-electron chi connectivity index (χ3n) is 3.51. The second-order valence-corrected chi connectivity index (χ2v) is 5.16. The molecule has 1 aromatic rings. The lowest BCUT2D eigenvalue weighted by Gasteiger charge is -2.27. The van der Waals surface area contributed by atoms with Crippen molar-refractivity contribution in [3.8, 4) is 0 Å². The van der Waals surface area contributed by atoms with Gasteiger partial charge in [0, 0.05) is 0 Å². The number of hydrogen-bond donors (Lipinski definition) is 1. The molecule has 5 nitrogen and oxygen atoms in total. The van der Waals surface area contributed by atoms with E-state index in [4.69, 9.17) is 0 Å². The molecule has 0 radical (unpaired) electrons. The zero-order valence-corrected chi connectivity index (χ0v) is 10.6. The average Bonchev–Trinajstić information content (AvgIpc) is 2.96. The van der Waals surface area contributed by atoms with E-state index in [-0.39, 0.29) is 11.6 Å². The van der Waals surface area contributed by atoms with E-state index in [9.17, 15) is 0 Å². The SMILES string of the molecule is CCNC(C)c1nnnn1C(C)(C)C1CC1. The number of aromatic nitrogens is 4. The average molecular weight is 223 g/mol. The topological polar surface area (TPSA) is 55.6 Å². The van der Waals surface area contributed by atoms with Gasteiger partial charge in [-0.1, -0.05) is 6.92 Å². The maximum absolute atomic E-state index is 4.17. The summed E-state index contributed by atoms with van der Waals surface area (Å²) in [6, 6.07) is 0.207. The van der Waals surface area contributed by atoms with Crippen LogP contribution in [0.2, 0.25) is 0 Å². The molecule has 1 aliphatic carbocycles. The minimum Gasteiger partial charge on any atom is -0.308 e. The Bertz CT molecular complexity index is 353. The predicted molar refractivity (Wildman–Crippen MR) is 62.0 cm³/mol. The van der Waals surface area contributed by atoms with E-state index in [1.807, 2.05) is 4.68 Å². The van der Waals surface area contributed by atoms with Crippen molar-refractivity contribution in [3.05, 3.63) is 5.82 Å². The van der Waals surface area contributed by atoms with Crippen molar-refractivity contribution in [1.29, 1.82) is 0 Å². The van der Waals surface area contributed by atoms with Gasteiger partial charge in [-0.2, -0.15) is 0 Å². The highest BCUT2D eigenvalue weighted by atomic mass is 15.6. The first kappa shape index (κ1) is 11.5. The summed E-state index contributed by atoms with van der Waals surface area (Å²) in [6.45, 7) is 9.58. The van der Waals surface area contributed by atoms with Gasteiger partial charge in [-0.15, -0.1) is 5.10 Å². The van der Waals surface area contributed by atoms with Crippen molar-refractivity contribution in [2.45, 2.75) is 52.1 Å². The lowest BCUT2D eigenvalue weighted by molar-refractivity contribution is 0.253. The van der Waals surface area contributed by atoms with Crippen molar-refractivity contribution in [2.75, 3.05) is 6.54 Å². The summed E-state index contributed by atoms with van der Waals surface area (Å²) in [5.74, 6) is 1.67. The molecule has 1 unspecified atom stereocenters. The Morgan fingerprint density at radius 3 is 2.75 bits per heavy atom. The molecule has 0 aliphatic heterocycles. The summed E-state index contributed by atoms with van der Waals surface area (Å²) in [7, 11) is 0. The fourth-order valence-corrected chi connectivity index (χ4v) is 2.23. The molecular formula is C11H21N5. The van der Waals surface area contributed by atoms with Crippen molar-refractivity contribution >= 4 is 0 Å². The van der Waals surface area contributed by atoms with Gasteiger partial charge >= 0.3 is 0 Å². The highest BCUT2D eigenvalue weighted by Gasteiger charge is 2.41. The fourth-order valence-electron chi connectivity index (χ4n) is 2.23. The van der Waals surface area contributed by atoms with E-state index in [0.717, 1.165) is 18.3 Å². The van der Waals surface area contributed by atoms with Crippen LogP contribution < -0.4 is 5.32 Å². The molecule has 90 valence electrons. The predicted octanol–water partition coefficient (Wildman–Crippen LogP) is 1.49. The molecule has 1 aromatic heterocycles. The molecule has 1 atom stereocenters. The lowest BCUT2D eigenvalue weighted by Crippen LogP contribution is -2.34. The Morgan fingerprint density at radius 1 is 1.50 bits per heavy atom. The van der Waals surface area contributed by atoms with Gasteiger partial charge < -0.3 is 5.32 Å². The van der Waals surface area contributed by atoms with Crippen molar-refractivity contribution in [2.24, 2.45) is 5.92 Å². The third-order valence-corrected chi connectivity index (χ3v) is 3.51. The number of hydrogen-bond acceptors (Lipinski definition) is 4. The van der Waals surface area contributed by atoms with Crippen LogP contribution in [0, 0.1) is 5.92 Å². The number of nitrogens with zero attached hydrogens (tertiary/aromatic N) is 4. The van der Waals surface area contributed by atoms with Gasteiger partial charge in [0.25, 0.3) is 0 Å². The zero-order chi connectivity index (χ0) is 11.8. The minimum atomic E-state index is 0.0442. The van der Waals surface area contributed by atoms with Gasteiger partial charge in [0.05, 0.1) is 11.6 Å². The Kier molecular flexibility index (Phi) is 2.97. The smallest absolute Gasteiger partial charge is 0.168 e. The molecule has 1 saturated carbocycles. The van der Waals surface area contributed by atoms with Crippen LogP contribution >= 0.6 is 0 Å². The maximum atomic E-state index is 4.17. The third kappa shape index (κ3) is 1.96. The first-order valence-electron chi connectivity index (χ1n) is 6.09. The second kappa shape index (κ2) is 4.13. The summed E-state index contributed by atoms with van der Waals surface area (Å²) in [4.78, 5) is 0. The van der Waals surface area contributed by atoms with Gasteiger partial charge in [0.1, 0.15) is 0 Å². The molecule has 0 saturated heterocycles. The van der Waals surface area contributed by atoms with Gasteiger partial charge in [-0.3, -0.25) is 0 Å². The van der Waals surface area contributed by atoms with Gasteiger partial charge in [0.2, 0.25) is 0 Å². The molecule has 1 fully saturated rings. The largest absolute Gasteiger partial charge is 0.308 e. The lowest BCUT2D eigenvalue weighted by atomic mass is 9.98. The summed E-state index contributed by atoms with van der Waals surface area (Å²) < 4.78 is 2.00. The van der Waals surface area contributed by atoms with E-state index >= 15 is 0 Å². The highest BCUT2D eigenvalue weighted by molar-refractivity contribution is 5.00. The van der Waals surface area contributed by atoms with E-state index < -0.39 is 0 Å². The Morgan fingerprint density at radius 2 is 2.19 bits per heavy atom. The Hall–Kier alpha value is -0.970. The molecule has 2 rings (SSSR count). The Labute approximate surface area is 96.6 Å². The fraction of sp³-hybridized carbons (Fsp3) is 0.909. The van der Waals surface area contributed by atoms with Crippen LogP contribution in [0.5, 0.6) is 0 Å². The van der Waals surface area contributed by atoms with Crippen LogP contribution in [0.1, 0.15) is 52.4 Å². The number of tetrazole rings is 1. The molecule has 1 N–H and O–H groups in total. The first-order valence-corrected chi connectivity index (χ1v) is 6.09. The molecule has 0 aromatic carbocycles. The van der Waals surface area contributed by atoms with E-state index in [1.165, 1.54) is 12.8 Å². The van der Waals surface area contributed by atoms with Crippen molar-refractivity contribution in [3.63, 3.8) is 0 Å².